The van der Waals surface area contributed by atoms with Crippen molar-refractivity contribution < 1.29 is 0 Å². The Morgan fingerprint density at radius 1 is 0.960 bits per heavy atom. The number of likely N-dealkylation sites (tertiary alicyclic amines) is 1. The molecule has 1 fully saturated rings. The standard InChI is InChI=1S/C20H27N3.2ClH/c1-22(19-10-6-3-7-11-19)12-13-23-15-18(14-21)20(16-23)17-8-4-2-5-9-17;;/h2-11,18,20H,12-16,21H2,1H3;2*1H/t18-,20+;;/m1../s1. The molecule has 2 N–H and O–H groups in total. The van der Waals surface area contributed by atoms with Crippen molar-refractivity contribution in [1.29, 1.82) is 0 Å². The molecule has 3 nitrogen and oxygen atoms in total. The van der Waals surface area contributed by atoms with Crippen molar-refractivity contribution in [3.8, 4) is 0 Å². The number of rotatable bonds is 6. The first-order chi connectivity index (χ1) is 11.3. The number of nitrogens with two attached hydrogens (primary N) is 1. The average Bonchev–Trinajstić information content (AvgIpc) is 3.04. The third-order valence-electron chi connectivity index (χ3n) is 5.00. The Bertz CT molecular complexity index is 594. The van der Waals surface area contributed by atoms with E-state index in [1.54, 1.807) is 0 Å². The molecule has 0 aliphatic carbocycles. The van der Waals surface area contributed by atoms with E-state index < -0.39 is 0 Å². The van der Waals surface area contributed by atoms with Gasteiger partial charge in [0.2, 0.25) is 0 Å². The summed E-state index contributed by atoms with van der Waals surface area (Å²) < 4.78 is 0. The topological polar surface area (TPSA) is 32.5 Å². The van der Waals surface area contributed by atoms with Crippen LogP contribution in [0.2, 0.25) is 0 Å². The van der Waals surface area contributed by atoms with Gasteiger partial charge in [-0.2, -0.15) is 0 Å². The zero-order chi connectivity index (χ0) is 16.1. The second-order valence-electron chi connectivity index (χ2n) is 6.53. The fourth-order valence-corrected chi connectivity index (χ4v) is 3.56. The van der Waals surface area contributed by atoms with Gasteiger partial charge in [-0.1, -0.05) is 48.5 Å². The van der Waals surface area contributed by atoms with Crippen molar-refractivity contribution in [3.63, 3.8) is 0 Å². The van der Waals surface area contributed by atoms with Crippen LogP contribution in [0.1, 0.15) is 11.5 Å². The minimum absolute atomic E-state index is 0. The highest BCUT2D eigenvalue weighted by Crippen LogP contribution is 2.31. The Morgan fingerprint density at radius 3 is 2.16 bits per heavy atom. The van der Waals surface area contributed by atoms with E-state index in [1.165, 1.54) is 11.3 Å². The maximum atomic E-state index is 6.03. The highest BCUT2D eigenvalue weighted by molar-refractivity contribution is 5.85. The Kier molecular flexibility index (Phi) is 9.30. The lowest BCUT2D eigenvalue weighted by Gasteiger charge is -2.23. The van der Waals surface area contributed by atoms with E-state index in [9.17, 15) is 0 Å². The lowest BCUT2D eigenvalue weighted by molar-refractivity contribution is 0.332. The van der Waals surface area contributed by atoms with E-state index >= 15 is 0 Å². The summed E-state index contributed by atoms with van der Waals surface area (Å²) in [4.78, 5) is 4.89. The van der Waals surface area contributed by atoms with Crippen molar-refractivity contribution >= 4 is 30.5 Å². The maximum Gasteiger partial charge on any atom is 0.0364 e. The minimum Gasteiger partial charge on any atom is -0.373 e. The molecule has 0 saturated carbocycles. The summed E-state index contributed by atoms with van der Waals surface area (Å²) in [6.45, 7) is 5.13. The molecule has 2 atom stereocenters. The summed E-state index contributed by atoms with van der Waals surface area (Å²) in [7, 11) is 2.17. The second-order valence-corrected chi connectivity index (χ2v) is 6.53. The van der Waals surface area contributed by atoms with E-state index in [-0.39, 0.29) is 24.8 Å². The Hall–Kier alpha value is -1.26. The monoisotopic (exact) mass is 381 g/mol. The van der Waals surface area contributed by atoms with Gasteiger partial charge in [-0.05, 0) is 30.2 Å². The molecule has 0 bridgehead atoms. The largest absolute Gasteiger partial charge is 0.373 e. The molecule has 3 rings (SSSR count). The number of benzene rings is 2. The van der Waals surface area contributed by atoms with Crippen LogP contribution in [0, 0.1) is 5.92 Å². The van der Waals surface area contributed by atoms with Gasteiger partial charge < -0.3 is 15.5 Å². The molecule has 1 aliphatic heterocycles. The van der Waals surface area contributed by atoms with Crippen LogP contribution in [0.25, 0.3) is 0 Å². The average molecular weight is 382 g/mol. The van der Waals surface area contributed by atoms with Crippen molar-refractivity contribution in [2.75, 3.05) is 44.7 Å². The predicted octanol–water partition coefficient (Wildman–Crippen LogP) is 3.64. The van der Waals surface area contributed by atoms with Crippen LogP contribution in [0.3, 0.4) is 0 Å². The van der Waals surface area contributed by atoms with Crippen LogP contribution in [0.5, 0.6) is 0 Å². The summed E-state index contributed by atoms with van der Waals surface area (Å²) in [6.07, 6.45) is 0. The summed E-state index contributed by atoms with van der Waals surface area (Å²) in [5, 5.41) is 0. The lowest BCUT2D eigenvalue weighted by Crippen LogP contribution is -2.32. The third-order valence-corrected chi connectivity index (χ3v) is 5.00. The predicted molar refractivity (Wildman–Crippen MR) is 112 cm³/mol. The number of anilines is 1. The molecule has 2 aromatic rings. The van der Waals surface area contributed by atoms with Crippen molar-refractivity contribution in [2.45, 2.75) is 5.92 Å². The number of para-hydroxylation sites is 1. The van der Waals surface area contributed by atoms with Gasteiger partial charge in [-0.3, -0.25) is 0 Å². The van der Waals surface area contributed by atoms with Crippen LogP contribution in [0.15, 0.2) is 60.7 Å². The number of halogens is 2. The number of hydrogen-bond donors (Lipinski definition) is 1. The van der Waals surface area contributed by atoms with Crippen LogP contribution < -0.4 is 10.6 Å². The molecule has 25 heavy (non-hydrogen) atoms. The first kappa shape index (κ1) is 21.8. The van der Waals surface area contributed by atoms with Crippen LogP contribution >= 0.6 is 24.8 Å². The molecular formula is C20H29Cl2N3. The zero-order valence-electron chi connectivity index (χ0n) is 14.8. The van der Waals surface area contributed by atoms with E-state index in [0.717, 1.165) is 32.7 Å². The Labute approximate surface area is 164 Å². The van der Waals surface area contributed by atoms with Crippen LogP contribution in [-0.2, 0) is 0 Å². The normalized spacial score (nSPS) is 19.8. The van der Waals surface area contributed by atoms with Gasteiger partial charge in [0, 0.05) is 44.8 Å². The maximum absolute atomic E-state index is 6.03. The van der Waals surface area contributed by atoms with E-state index in [4.69, 9.17) is 5.73 Å². The van der Waals surface area contributed by atoms with Crippen molar-refractivity contribution in [3.05, 3.63) is 66.2 Å². The van der Waals surface area contributed by atoms with Crippen molar-refractivity contribution in [2.24, 2.45) is 11.7 Å². The highest BCUT2D eigenvalue weighted by Gasteiger charge is 2.32. The summed E-state index contributed by atoms with van der Waals surface area (Å²) in [5.41, 5.74) is 8.75. The summed E-state index contributed by atoms with van der Waals surface area (Å²) in [6, 6.07) is 21.4. The van der Waals surface area contributed by atoms with Gasteiger partial charge in [-0.25, -0.2) is 0 Å². The van der Waals surface area contributed by atoms with Gasteiger partial charge in [-0.15, -0.1) is 24.8 Å². The number of nitrogens with zero attached hydrogens (tertiary/aromatic N) is 2. The molecule has 1 saturated heterocycles. The molecule has 1 aliphatic rings. The van der Waals surface area contributed by atoms with E-state index in [1.807, 2.05) is 0 Å². The Morgan fingerprint density at radius 2 is 1.56 bits per heavy atom. The first-order valence-corrected chi connectivity index (χ1v) is 8.51. The summed E-state index contributed by atoms with van der Waals surface area (Å²) >= 11 is 0. The fourth-order valence-electron chi connectivity index (χ4n) is 3.56. The summed E-state index contributed by atoms with van der Waals surface area (Å²) in [5.74, 6) is 1.14. The molecule has 138 valence electrons. The Balaban J connectivity index is 0.00000156. The molecule has 0 spiro atoms. The smallest absolute Gasteiger partial charge is 0.0364 e. The van der Waals surface area contributed by atoms with Crippen molar-refractivity contribution in [1.82, 2.24) is 4.90 Å². The fraction of sp³-hybridized carbons (Fsp3) is 0.400. The van der Waals surface area contributed by atoms with Gasteiger partial charge in [0.15, 0.2) is 0 Å². The van der Waals surface area contributed by atoms with Gasteiger partial charge >= 0.3 is 0 Å². The quantitative estimate of drug-likeness (QED) is 0.828. The number of hydrogen-bond acceptors (Lipinski definition) is 3. The van der Waals surface area contributed by atoms with Crippen LogP contribution in [-0.4, -0.2) is 44.7 Å². The third kappa shape index (κ3) is 5.61. The van der Waals surface area contributed by atoms with Gasteiger partial charge in [0.05, 0.1) is 0 Å². The van der Waals surface area contributed by atoms with E-state index in [2.05, 4.69) is 77.5 Å². The second kappa shape index (κ2) is 10.7. The van der Waals surface area contributed by atoms with E-state index in [0.29, 0.717) is 11.8 Å². The number of likely N-dealkylation sites (N-methyl/N-ethyl adjacent to an activating group) is 1. The molecule has 0 radical (unpaired) electrons. The molecule has 0 aromatic heterocycles. The van der Waals surface area contributed by atoms with Gasteiger partial charge in [0.1, 0.15) is 0 Å². The molecule has 2 aromatic carbocycles. The molecule has 0 unspecified atom stereocenters. The molecule has 0 amide bonds. The van der Waals surface area contributed by atoms with Gasteiger partial charge in [0.25, 0.3) is 0 Å². The lowest BCUT2D eigenvalue weighted by atomic mass is 9.89. The SMILES string of the molecule is CN(CCN1C[C@@H](CN)[C@H](c2ccccc2)C1)c1ccccc1.Cl.Cl. The molecule has 5 heteroatoms. The zero-order valence-corrected chi connectivity index (χ0v) is 16.4. The first-order valence-electron chi connectivity index (χ1n) is 8.51. The molecular weight excluding hydrogens is 353 g/mol. The minimum atomic E-state index is 0. The molecule has 1 heterocycles. The van der Waals surface area contributed by atoms with Crippen LogP contribution in [0.4, 0.5) is 5.69 Å². The highest BCUT2D eigenvalue weighted by atomic mass is 35.5.